The summed E-state index contributed by atoms with van der Waals surface area (Å²) in [7, 11) is 0. The molecule has 6 nitrogen and oxygen atoms in total. The molecule has 1 saturated carbocycles. The lowest BCUT2D eigenvalue weighted by Gasteiger charge is -2.22. The highest BCUT2D eigenvalue weighted by molar-refractivity contribution is 6.02. The molecule has 0 radical (unpaired) electrons. The molecule has 142 valence electrons. The van der Waals surface area contributed by atoms with E-state index in [4.69, 9.17) is 0 Å². The second-order valence-corrected chi connectivity index (χ2v) is 6.92. The average Bonchev–Trinajstić information content (AvgIpc) is 2.69. The zero-order valence-electron chi connectivity index (χ0n) is 15.3. The third-order valence-corrected chi connectivity index (χ3v) is 4.88. The van der Waals surface area contributed by atoms with Crippen molar-refractivity contribution in [2.75, 3.05) is 0 Å². The Hall–Kier alpha value is -2.89. The van der Waals surface area contributed by atoms with Gasteiger partial charge in [0, 0.05) is 24.4 Å². The summed E-state index contributed by atoms with van der Waals surface area (Å²) in [4.78, 5) is 23.9. The van der Waals surface area contributed by atoms with Crippen LogP contribution in [0.4, 0.5) is 0 Å². The lowest BCUT2D eigenvalue weighted by molar-refractivity contribution is -0.126. The number of benzene rings is 2. The maximum atomic E-state index is 11.9. The van der Waals surface area contributed by atoms with Crippen LogP contribution in [0, 0.1) is 0 Å². The fourth-order valence-corrected chi connectivity index (χ4v) is 3.42. The zero-order valence-corrected chi connectivity index (χ0v) is 15.3. The van der Waals surface area contributed by atoms with Crippen molar-refractivity contribution in [3.8, 4) is 5.75 Å². The molecule has 1 aliphatic rings. The van der Waals surface area contributed by atoms with Gasteiger partial charge < -0.3 is 10.4 Å². The molecule has 2 aromatic carbocycles. The number of fused-ring (bicyclic) bond motifs is 1. The van der Waals surface area contributed by atoms with E-state index >= 15 is 0 Å². The van der Waals surface area contributed by atoms with Gasteiger partial charge in [0.1, 0.15) is 5.75 Å². The smallest absolute Gasteiger partial charge is 0.240 e. The van der Waals surface area contributed by atoms with Crippen molar-refractivity contribution >= 4 is 28.8 Å². The lowest BCUT2D eigenvalue weighted by Crippen LogP contribution is -2.36. The highest BCUT2D eigenvalue weighted by atomic mass is 16.3. The van der Waals surface area contributed by atoms with Gasteiger partial charge in [0.05, 0.1) is 6.21 Å². The molecule has 1 aliphatic carbocycles. The second kappa shape index (κ2) is 9.16. The van der Waals surface area contributed by atoms with E-state index < -0.39 is 0 Å². The SMILES string of the molecule is O=C(CCC(=O)NC1CCCCC1)N/N=C/c1c(O)ccc2ccccc12. The van der Waals surface area contributed by atoms with Crippen LogP contribution in [0.2, 0.25) is 0 Å². The van der Waals surface area contributed by atoms with Gasteiger partial charge >= 0.3 is 0 Å². The number of amides is 2. The molecular weight excluding hydrogens is 342 g/mol. The van der Waals surface area contributed by atoms with E-state index in [0.717, 1.165) is 36.5 Å². The van der Waals surface area contributed by atoms with Crippen LogP contribution in [-0.4, -0.2) is 29.2 Å². The van der Waals surface area contributed by atoms with E-state index in [0.29, 0.717) is 5.56 Å². The summed E-state index contributed by atoms with van der Waals surface area (Å²) in [6, 6.07) is 11.3. The summed E-state index contributed by atoms with van der Waals surface area (Å²) in [6.45, 7) is 0. The zero-order chi connectivity index (χ0) is 19.1. The Balaban J connectivity index is 1.49. The number of aromatic hydroxyl groups is 1. The van der Waals surface area contributed by atoms with Gasteiger partial charge in [-0.05, 0) is 29.7 Å². The fourth-order valence-electron chi connectivity index (χ4n) is 3.42. The van der Waals surface area contributed by atoms with Gasteiger partial charge in [0.25, 0.3) is 0 Å². The minimum atomic E-state index is -0.329. The molecule has 0 saturated heterocycles. The number of hydrogen-bond acceptors (Lipinski definition) is 4. The maximum absolute atomic E-state index is 11.9. The molecular formula is C21H25N3O3. The largest absolute Gasteiger partial charge is 0.507 e. The van der Waals surface area contributed by atoms with E-state index in [1.807, 2.05) is 30.3 Å². The summed E-state index contributed by atoms with van der Waals surface area (Å²) < 4.78 is 0. The van der Waals surface area contributed by atoms with E-state index in [1.54, 1.807) is 6.07 Å². The number of phenols is 1. The van der Waals surface area contributed by atoms with Gasteiger partial charge in [0.15, 0.2) is 0 Å². The molecule has 0 atom stereocenters. The molecule has 0 unspecified atom stereocenters. The van der Waals surface area contributed by atoms with Crippen molar-refractivity contribution in [1.82, 2.24) is 10.7 Å². The Labute approximate surface area is 158 Å². The van der Waals surface area contributed by atoms with Crippen LogP contribution >= 0.6 is 0 Å². The molecule has 2 amide bonds. The molecule has 0 spiro atoms. The Bertz CT molecular complexity index is 842. The molecule has 3 N–H and O–H groups in total. The van der Waals surface area contributed by atoms with Crippen molar-refractivity contribution in [1.29, 1.82) is 0 Å². The monoisotopic (exact) mass is 367 g/mol. The molecule has 0 aliphatic heterocycles. The minimum Gasteiger partial charge on any atom is -0.507 e. The number of carbonyl (C=O) groups excluding carboxylic acids is 2. The van der Waals surface area contributed by atoms with E-state index in [1.165, 1.54) is 12.6 Å². The number of nitrogens with one attached hydrogen (secondary N) is 2. The Morgan fingerprint density at radius 2 is 1.78 bits per heavy atom. The Morgan fingerprint density at radius 1 is 1.04 bits per heavy atom. The van der Waals surface area contributed by atoms with Gasteiger partial charge in [-0.3, -0.25) is 9.59 Å². The fraction of sp³-hybridized carbons (Fsp3) is 0.381. The Morgan fingerprint density at radius 3 is 2.59 bits per heavy atom. The number of hydrazone groups is 1. The van der Waals surface area contributed by atoms with Crippen LogP contribution in [0.15, 0.2) is 41.5 Å². The predicted octanol–water partition coefficient (Wildman–Crippen LogP) is 3.22. The van der Waals surface area contributed by atoms with Gasteiger partial charge in [-0.15, -0.1) is 0 Å². The minimum absolute atomic E-state index is 0.0808. The van der Waals surface area contributed by atoms with Crippen LogP contribution in [-0.2, 0) is 9.59 Å². The van der Waals surface area contributed by atoms with Gasteiger partial charge in [-0.25, -0.2) is 5.43 Å². The molecule has 1 fully saturated rings. The number of nitrogens with zero attached hydrogens (tertiary/aromatic N) is 1. The number of phenolic OH excluding ortho intramolecular Hbond substituents is 1. The highest BCUT2D eigenvalue weighted by Gasteiger charge is 2.16. The molecule has 27 heavy (non-hydrogen) atoms. The van der Waals surface area contributed by atoms with E-state index in [2.05, 4.69) is 15.8 Å². The van der Waals surface area contributed by atoms with Crippen molar-refractivity contribution < 1.29 is 14.7 Å². The van der Waals surface area contributed by atoms with Crippen molar-refractivity contribution in [3.63, 3.8) is 0 Å². The molecule has 0 aromatic heterocycles. The van der Waals surface area contributed by atoms with Crippen molar-refractivity contribution in [2.45, 2.75) is 51.0 Å². The Kier molecular flexibility index (Phi) is 6.41. The summed E-state index contributed by atoms with van der Waals surface area (Å²) >= 11 is 0. The van der Waals surface area contributed by atoms with Crippen LogP contribution < -0.4 is 10.7 Å². The summed E-state index contributed by atoms with van der Waals surface area (Å²) in [5.41, 5.74) is 2.97. The standard InChI is InChI=1S/C21H25N3O3/c25-19-11-10-15-6-4-5-9-17(15)18(19)14-22-24-21(27)13-12-20(26)23-16-7-2-1-3-8-16/h4-6,9-11,14,16,25H,1-3,7-8,12-13H2,(H,23,26)(H,24,27)/b22-14+. The third-order valence-electron chi connectivity index (χ3n) is 4.88. The number of hydrogen-bond donors (Lipinski definition) is 3. The molecule has 0 heterocycles. The average molecular weight is 367 g/mol. The number of carbonyl (C=O) groups is 2. The van der Waals surface area contributed by atoms with Crippen molar-refractivity contribution in [2.24, 2.45) is 5.10 Å². The van der Waals surface area contributed by atoms with E-state index in [9.17, 15) is 14.7 Å². The third kappa shape index (κ3) is 5.29. The first-order valence-electron chi connectivity index (χ1n) is 9.45. The first-order valence-corrected chi connectivity index (χ1v) is 9.45. The molecule has 6 heteroatoms. The molecule has 3 rings (SSSR count). The molecule has 0 bridgehead atoms. The van der Waals surface area contributed by atoms with Gasteiger partial charge in [-0.2, -0.15) is 5.10 Å². The van der Waals surface area contributed by atoms with E-state index in [-0.39, 0.29) is 36.4 Å². The quantitative estimate of drug-likeness (QED) is 0.541. The molecule has 2 aromatic rings. The van der Waals surface area contributed by atoms with Crippen LogP contribution in [0.5, 0.6) is 5.75 Å². The maximum Gasteiger partial charge on any atom is 0.240 e. The highest BCUT2D eigenvalue weighted by Crippen LogP contribution is 2.25. The second-order valence-electron chi connectivity index (χ2n) is 6.92. The van der Waals surface area contributed by atoms with Gasteiger partial charge in [-0.1, -0.05) is 49.6 Å². The van der Waals surface area contributed by atoms with Crippen LogP contribution in [0.25, 0.3) is 10.8 Å². The number of rotatable bonds is 6. The van der Waals surface area contributed by atoms with Gasteiger partial charge in [0.2, 0.25) is 11.8 Å². The predicted molar refractivity (Wildman–Crippen MR) is 106 cm³/mol. The van der Waals surface area contributed by atoms with Crippen LogP contribution in [0.1, 0.15) is 50.5 Å². The topological polar surface area (TPSA) is 90.8 Å². The first kappa shape index (κ1) is 18.9. The van der Waals surface area contributed by atoms with Crippen LogP contribution in [0.3, 0.4) is 0 Å². The summed E-state index contributed by atoms with van der Waals surface area (Å²) in [5.74, 6) is -0.323. The normalized spacial score (nSPS) is 15.1. The summed E-state index contributed by atoms with van der Waals surface area (Å²) in [6.07, 6.45) is 7.25. The lowest BCUT2D eigenvalue weighted by atomic mass is 9.95. The summed E-state index contributed by atoms with van der Waals surface area (Å²) in [5, 5.41) is 18.8. The van der Waals surface area contributed by atoms with Crippen molar-refractivity contribution in [3.05, 3.63) is 42.0 Å². The first-order chi connectivity index (χ1) is 13.1.